The number of halogens is 1. The molecular formula is C21H33BrO. The van der Waals surface area contributed by atoms with Gasteiger partial charge in [0.25, 0.3) is 0 Å². The third-order valence-corrected chi connectivity index (χ3v) is 9.15. The molecule has 2 heteroatoms. The minimum absolute atomic E-state index is 0.389. The monoisotopic (exact) mass is 380 g/mol. The van der Waals surface area contributed by atoms with Crippen LogP contribution in [0.5, 0.6) is 0 Å². The van der Waals surface area contributed by atoms with Gasteiger partial charge in [-0.05, 0) is 92.3 Å². The zero-order valence-electron chi connectivity index (χ0n) is 14.9. The van der Waals surface area contributed by atoms with Crippen molar-refractivity contribution in [3.63, 3.8) is 0 Å². The molecule has 0 heterocycles. The van der Waals surface area contributed by atoms with Crippen molar-refractivity contribution in [2.45, 2.75) is 71.6 Å². The molecule has 0 N–H and O–H groups in total. The van der Waals surface area contributed by atoms with E-state index < -0.39 is 0 Å². The van der Waals surface area contributed by atoms with E-state index >= 15 is 0 Å². The summed E-state index contributed by atoms with van der Waals surface area (Å²) in [4.78, 5) is 12.3. The predicted molar refractivity (Wildman–Crippen MR) is 98.6 cm³/mol. The van der Waals surface area contributed by atoms with Crippen LogP contribution in [0, 0.1) is 46.8 Å². The summed E-state index contributed by atoms with van der Waals surface area (Å²) in [5.74, 6) is 6.36. The van der Waals surface area contributed by atoms with E-state index in [1.165, 1.54) is 57.8 Å². The average molecular weight is 381 g/mol. The quantitative estimate of drug-likeness (QED) is 0.548. The molecule has 2 unspecified atom stereocenters. The zero-order valence-corrected chi connectivity index (χ0v) is 16.5. The molecule has 0 saturated heterocycles. The van der Waals surface area contributed by atoms with E-state index in [0.29, 0.717) is 22.4 Å². The van der Waals surface area contributed by atoms with Crippen molar-refractivity contribution >= 4 is 21.7 Å². The maximum Gasteiger partial charge on any atom is 0.146 e. The number of Topliss-reactive ketones (excluding diaryl/α,β-unsaturated/α-hetero) is 1. The van der Waals surface area contributed by atoms with E-state index in [-0.39, 0.29) is 0 Å². The van der Waals surface area contributed by atoms with E-state index in [9.17, 15) is 4.79 Å². The fraction of sp³-hybridized carbons (Fsp3) is 0.952. The van der Waals surface area contributed by atoms with Gasteiger partial charge in [-0.2, -0.15) is 0 Å². The van der Waals surface area contributed by atoms with Crippen LogP contribution in [-0.4, -0.2) is 11.1 Å². The first kappa shape index (κ1) is 16.6. The Morgan fingerprint density at radius 2 is 1.65 bits per heavy atom. The van der Waals surface area contributed by atoms with E-state index in [1.54, 1.807) is 0 Å². The Morgan fingerprint density at radius 1 is 0.957 bits per heavy atom. The van der Waals surface area contributed by atoms with Crippen molar-refractivity contribution in [1.82, 2.24) is 0 Å². The number of rotatable bonds is 2. The number of alkyl halides is 1. The molecule has 23 heavy (non-hydrogen) atoms. The SMILES string of the molecule is C[C@H]1CC[C@@H]2C3CC[C@H]4C(CC[C@H]4C(=O)CBr)[C@@H]3CC[C@]2(C)C1. The molecule has 0 radical (unpaired) electrons. The average Bonchev–Trinajstić information content (AvgIpc) is 2.96. The lowest BCUT2D eigenvalue weighted by Gasteiger charge is -2.57. The highest BCUT2D eigenvalue weighted by molar-refractivity contribution is 9.09. The molecular weight excluding hydrogens is 348 g/mol. The molecule has 0 spiro atoms. The first-order valence-corrected chi connectivity index (χ1v) is 11.2. The minimum atomic E-state index is 0.389. The van der Waals surface area contributed by atoms with Crippen LogP contribution in [0.2, 0.25) is 0 Å². The summed E-state index contributed by atoms with van der Waals surface area (Å²) < 4.78 is 0. The van der Waals surface area contributed by atoms with Crippen LogP contribution < -0.4 is 0 Å². The zero-order chi connectivity index (χ0) is 16.2. The summed E-state index contributed by atoms with van der Waals surface area (Å²) >= 11 is 3.42. The Morgan fingerprint density at radius 3 is 2.43 bits per heavy atom. The van der Waals surface area contributed by atoms with Crippen LogP contribution in [0.25, 0.3) is 0 Å². The van der Waals surface area contributed by atoms with Gasteiger partial charge in [-0.15, -0.1) is 0 Å². The number of fused-ring (bicyclic) bond motifs is 5. The number of carbonyl (C=O) groups excluding carboxylic acids is 1. The fourth-order valence-corrected chi connectivity index (χ4v) is 8.18. The molecule has 0 aliphatic heterocycles. The molecule has 8 atom stereocenters. The molecule has 0 aromatic heterocycles. The van der Waals surface area contributed by atoms with Crippen molar-refractivity contribution in [1.29, 1.82) is 0 Å². The molecule has 1 nitrogen and oxygen atoms in total. The second kappa shape index (κ2) is 6.15. The second-order valence-electron chi connectivity index (χ2n) is 9.70. The molecule has 4 rings (SSSR count). The Bertz CT molecular complexity index is 474. The van der Waals surface area contributed by atoms with Crippen LogP contribution in [0.4, 0.5) is 0 Å². The van der Waals surface area contributed by atoms with Crippen LogP contribution in [-0.2, 0) is 4.79 Å². The van der Waals surface area contributed by atoms with Gasteiger partial charge in [0.15, 0.2) is 0 Å². The molecule has 0 aromatic carbocycles. The highest BCUT2D eigenvalue weighted by Crippen LogP contribution is 2.63. The van der Waals surface area contributed by atoms with Gasteiger partial charge in [-0.25, -0.2) is 0 Å². The molecule has 0 bridgehead atoms. The summed E-state index contributed by atoms with van der Waals surface area (Å²) in [6, 6.07) is 0. The number of hydrogen-bond donors (Lipinski definition) is 0. The van der Waals surface area contributed by atoms with Gasteiger partial charge in [0.2, 0.25) is 0 Å². The second-order valence-corrected chi connectivity index (χ2v) is 10.3. The first-order valence-electron chi connectivity index (χ1n) is 10.1. The maximum atomic E-state index is 12.3. The molecule has 4 aliphatic rings. The highest BCUT2D eigenvalue weighted by atomic mass is 79.9. The van der Waals surface area contributed by atoms with Gasteiger partial charge in [-0.1, -0.05) is 36.2 Å². The number of hydrogen-bond acceptors (Lipinski definition) is 1. The van der Waals surface area contributed by atoms with E-state index in [1.807, 2.05) is 0 Å². The van der Waals surface area contributed by atoms with Gasteiger partial charge in [0.1, 0.15) is 5.78 Å². The largest absolute Gasteiger partial charge is 0.298 e. The predicted octanol–water partition coefficient (Wildman–Crippen LogP) is 5.86. The summed E-state index contributed by atoms with van der Waals surface area (Å²) in [6.45, 7) is 5.08. The van der Waals surface area contributed by atoms with Crippen molar-refractivity contribution in [2.24, 2.45) is 46.8 Å². The topological polar surface area (TPSA) is 17.1 Å². The van der Waals surface area contributed by atoms with Gasteiger partial charge in [0.05, 0.1) is 5.33 Å². The molecule has 4 aliphatic carbocycles. The van der Waals surface area contributed by atoms with Gasteiger partial charge >= 0.3 is 0 Å². The first-order chi connectivity index (χ1) is 11.0. The minimum Gasteiger partial charge on any atom is -0.298 e. The fourth-order valence-electron chi connectivity index (χ4n) is 7.77. The van der Waals surface area contributed by atoms with Gasteiger partial charge in [0, 0.05) is 5.92 Å². The van der Waals surface area contributed by atoms with Crippen LogP contribution >= 0.6 is 15.9 Å². The standard InChI is InChI=1S/C21H33BrO/c1-13-3-8-19-17-6-4-15-14(5-7-18(15)20(23)12-22)16(17)9-10-21(19,2)11-13/h13-19H,3-12H2,1-2H3/t13-,14?,15-,16-,17?,18+,19+,21+/m0/s1. The lowest BCUT2D eigenvalue weighted by atomic mass is 9.47. The summed E-state index contributed by atoms with van der Waals surface area (Å²) in [6.07, 6.45) is 12.6. The number of carbonyl (C=O) groups is 1. The number of ketones is 1. The lowest BCUT2D eigenvalue weighted by molar-refractivity contribution is -0.123. The van der Waals surface area contributed by atoms with E-state index in [4.69, 9.17) is 0 Å². The Kier molecular flexibility index (Phi) is 4.44. The van der Waals surface area contributed by atoms with Crippen LogP contribution in [0.3, 0.4) is 0 Å². The molecule has 4 saturated carbocycles. The van der Waals surface area contributed by atoms with Crippen molar-refractivity contribution in [2.75, 3.05) is 5.33 Å². The normalized spacial score (nSPS) is 52.4. The smallest absolute Gasteiger partial charge is 0.146 e. The summed E-state index contributed by atoms with van der Waals surface area (Å²) in [5, 5.41) is 0.577. The highest BCUT2D eigenvalue weighted by Gasteiger charge is 2.55. The van der Waals surface area contributed by atoms with Crippen LogP contribution in [0.1, 0.15) is 71.6 Å². The summed E-state index contributed by atoms with van der Waals surface area (Å²) in [5.41, 5.74) is 0.634. The third-order valence-electron chi connectivity index (χ3n) is 8.60. The summed E-state index contributed by atoms with van der Waals surface area (Å²) in [7, 11) is 0. The van der Waals surface area contributed by atoms with Gasteiger partial charge in [-0.3, -0.25) is 4.79 Å². The van der Waals surface area contributed by atoms with E-state index in [2.05, 4.69) is 29.8 Å². The molecule has 0 aromatic rings. The van der Waals surface area contributed by atoms with Crippen molar-refractivity contribution < 1.29 is 4.79 Å². The Hall–Kier alpha value is 0.150. The van der Waals surface area contributed by atoms with E-state index in [0.717, 1.165) is 35.5 Å². The van der Waals surface area contributed by atoms with Crippen molar-refractivity contribution in [3.05, 3.63) is 0 Å². The molecule has 0 amide bonds. The Balaban J connectivity index is 1.53. The third kappa shape index (κ3) is 2.66. The maximum absolute atomic E-state index is 12.3. The van der Waals surface area contributed by atoms with Crippen molar-refractivity contribution in [3.8, 4) is 0 Å². The molecule has 130 valence electrons. The van der Waals surface area contributed by atoms with Crippen LogP contribution in [0.15, 0.2) is 0 Å². The molecule has 4 fully saturated rings. The van der Waals surface area contributed by atoms with Gasteiger partial charge < -0.3 is 0 Å². The Labute approximate surface area is 150 Å². The lowest BCUT2D eigenvalue weighted by Crippen LogP contribution is -2.49.